The van der Waals surface area contributed by atoms with Crippen molar-refractivity contribution in [2.24, 2.45) is 17.6 Å². The number of nitrogens with two attached hydrogens (primary N) is 1. The minimum atomic E-state index is -0.476. The Bertz CT molecular complexity index is 832. The predicted molar refractivity (Wildman–Crippen MR) is 91.2 cm³/mol. The zero-order valence-corrected chi connectivity index (χ0v) is 14.0. The van der Waals surface area contributed by atoms with Crippen molar-refractivity contribution in [3.05, 3.63) is 36.4 Å². The number of cyclic esters (lactones) is 1. The minimum absolute atomic E-state index is 0.273. The Balaban J connectivity index is 1.29. The molecule has 2 N–H and O–H groups in total. The zero-order chi connectivity index (χ0) is 17.8. The summed E-state index contributed by atoms with van der Waals surface area (Å²) < 4.78 is 21.6. The lowest BCUT2D eigenvalue weighted by atomic mass is 10.2. The van der Waals surface area contributed by atoms with Crippen LogP contribution in [0.25, 0.3) is 0 Å². The molecule has 2 saturated heterocycles. The molecule has 4 atom stereocenters. The van der Waals surface area contributed by atoms with E-state index in [1.54, 1.807) is 29.2 Å². The largest absolute Gasteiger partial charge is 0.442 e. The van der Waals surface area contributed by atoms with E-state index >= 15 is 0 Å². The molecule has 3 aliphatic rings. The van der Waals surface area contributed by atoms with E-state index in [9.17, 15) is 9.18 Å². The summed E-state index contributed by atoms with van der Waals surface area (Å²) >= 11 is 0. The Hall–Kier alpha value is -2.68. The molecule has 1 unspecified atom stereocenters. The Kier molecular flexibility index (Phi) is 3.39. The Labute approximate surface area is 149 Å². The summed E-state index contributed by atoms with van der Waals surface area (Å²) in [7, 11) is 0. The first-order valence-corrected chi connectivity index (χ1v) is 8.72. The molecule has 0 radical (unpaired) electrons. The zero-order valence-electron chi connectivity index (χ0n) is 14.0. The van der Waals surface area contributed by atoms with E-state index in [4.69, 9.17) is 10.5 Å². The first-order valence-electron chi connectivity index (χ1n) is 8.72. The van der Waals surface area contributed by atoms with Crippen molar-refractivity contribution in [1.29, 1.82) is 0 Å². The third kappa shape index (κ3) is 2.50. The van der Waals surface area contributed by atoms with Crippen molar-refractivity contribution < 1.29 is 13.9 Å². The third-order valence-electron chi connectivity index (χ3n) is 5.58. The van der Waals surface area contributed by atoms with E-state index in [0.29, 0.717) is 36.3 Å². The van der Waals surface area contributed by atoms with Gasteiger partial charge in [-0.15, -0.1) is 5.10 Å². The average Bonchev–Trinajstić information content (AvgIpc) is 3.13. The topological polar surface area (TPSA) is 89.5 Å². The van der Waals surface area contributed by atoms with Crippen LogP contribution in [0.5, 0.6) is 0 Å². The van der Waals surface area contributed by atoms with Gasteiger partial charge in [0.1, 0.15) is 11.9 Å². The standard InChI is InChI=1S/C17H19FN6O2/c18-14-5-10(1-2-15(14)22-8-12-13(9-22)16(12)19)24-7-11(26-17(24)25)6-23-4-3-20-21-23/h1-5,11-13,16H,6-9,19H2/t11-,12-,13+,16?/m0/s1. The molecule has 2 aliphatic heterocycles. The van der Waals surface area contributed by atoms with Crippen LogP contribution in [-0.2, 0) is 11.3 Å². The van der Waals surface area contributed by atoms with Gasteiger partial charge in [-0.1, -0.05) is 5.21 Å². The number of halogens is 1. The molecule has 8 nitrogen and oxygen atoms in total. The van der Waals surface area contributed by atoms with Gasteiger partial charge in [-0.25, -0.2) is 13.9 Å². The molecule has 5 rings (SSSR count). The highest BCUT2D eigenvalue weighted by atomic mass is 19.1. The van der Waals surface area contributed by atoms with Crippen LogP contribution in [0.15, 0.2) is 30.6 Å². The van der Waals surface area contributed by atoms with Gasteiger partial charge in [-0.2, -0.15) is 0 Å². The van der Waals surface area contributed by atoms with Crippen molar-refractivity contribution in [2.75, 3.05) is 29.4 Å². The van der Waals surface area contributed by atoms with Crippen LogP contribution in [-0.4, -0.2) is 52.9 Å². The predicted octanol–water partition coefficient (Wildman–Crippen LogP) is 0.836. The number of nitrogens with zero attached hydrogens (tertiary/aromatic N) is 5. The molecule has 1 saturated carbocycles. The lowest BCUT2D eigenvalue weighted by Gasteiger charge is -2.23. The minimum Gasteiger partial charge on any atom is -0.442 e. The molecule has 26 heavy (non-hydrogen) atoms. The maximum Gasteiger partial charge on any atom is 0.414 e. The SMILES string of the molecule is NC1[C@H]2CN(c3ccc(N4C[C@H](Cn5ccnn5)OC4=O)cc3F)C[C@@H]12. The van der Waals surface area contributed by atoms with Crippen LogP contribution in [0.2, 0.25) is 0 Å². The van der Waals surface area contributed by atoms with E-state index in [0.717, 1.165) is 13.1 Å². The Morgan fingerprint density at radius 3 is 2.77 bits per heavy atom. The fourth-order valence-electron chi connectivity index (χ4n) is 4.06. The Morgan fingerprint density at radius 2 is 2.08 bits per heavy atom. The third-order valence-corrected chi connectivity index (χ3v) is 5.58. The lowest BCUT2D eigenvalue weighted by molar-refractivity contribution is 0.129. The number of ether oxygens (including phenoxy) is 1. The van der Waals surface area contributed by atoms with Gasteiger partial charge >= 0.3 is 6.09 Å². The second-order valence-electron chi connectivity index (χ2n) is 7.19. The molecule has 3 heterocycles. The molecular weight excluding hydrogens is 339 g/mol. The van der Waals surface area contributed by atoms with Gasteiger partial charge in [-0.05, 0) is 30.0 Å². The van der Waals surface area contributed by atoms with E-state index in [2.05, 4.69) is 10.3 Å². The van der Waals surface area contributed by atoms with Crippen molar-refractivity contribution in [3.8, 4) is 0 Å². The van der Waals surface area contributed by atoms with Crippen LogP contribution in [0.3, 0.4) is 0 Å². The number of rotatable bonds is 4. The number of hydrogen-bond donors (Lipinski definition) is 1. The number of carbonyl (C=O) groups is 1. The molecule has 0 bridgehead atoms. The summed E-state index contributed by atoms with van der Waals surface area (Å²) in [5.41, 5.74) is 7.01. The van der Waals surface area contributed by atoms with Gasteiger partial charge < -0.3 is 15.4 Å². The van der Waals surface area contributed by atoms with Gasteiger partial charge in [0, 0.05) is 25.3 Å². The summed E-state index contributed by atoms with van der Waals surface area (Å²) in [6.45, 7) is 2.36. The molecule has 1 amide bonds. The highest BCUT2D eigenvalue weighted by molar-refractivity contribution is 5.90. The number of amides is 1. The van der Waals surface area contributed by atoms with Crippen molar-refractivity contribution in [2.45, 2.75) is 18.7 Å². The van der Waals surface area contributed by atoms with Crippen molar-refractivity contribution in [1.82, 2.24) is 15.0 Å². The fraction of sp³-hybridized carbons (Fsp3) is 0.471. The van der Waals surface area contributed by atoms with Crippen LogP contribution in [0, 0.1) is 17.7 Å². The second kappa shape index (κ2) is 5.66. The molecule has 1 aromatic heterocycles. The summed E-state index contributed by atoms with van der Waals surface area (Å²) in [6, 6.07) is 5.17. The van der Waals surface area contributed by atoms with Crippen LogP contribution in [0.4, 0.5) is 20.6 Å². The van der Waals surface area contributed by atoms with Gasteiger partial charge in [0.05, 0.1) is 30.7 Å². The van der Waals surface area contributed by atoms with E-state index in [-0.39, 0.29) is 18.0 Å². The normalized spacial score (nSPS) is 29.8. The molecule has 9 heteroatoms. The summed E-state index contributed by atoms with van der Waals surface area (Å²) in [4.78, 5) is 15.6. The number of fused-ring (bicyclic) bond motifs is 1. The molecule has 1 aromatic carbocycles. The van der Waals surface area contributed by atoms with Gasteiger partial charge in [0.2, 0.25) is 0 Å². The summed E-state index contributed by atoms with van der Waals surface area (Å²) in [6.07, 6.45) is 2.45. The average molecular weight is 358 g/mol. The van der Waals surface area contributed by atoms with E-state index < -0.39 is 6.09 Å². The number of piperidine rings is 1. The number of anilines is 2. The molecule has 0 spiro atoms. The molecule has 2 aromatic rings. The first kappa shape index (κ1) is 15.6. The van der Waals surface area contributed by atoms with Crippen LogP contribution >= 0.6 is 0 Å². The number of aromatic nitrogens is 3. The second-order valence-corrected chi connectivity index (χ2v) is 7.19. The molecule has 3 fully saturated rings. The van der Waals surface area contributed by atoms with Crippen molar-refractivity contribution in [3.63, 3.8) is 0 Å². The summed E-state index contributed by atoms with van der Waals surface area (Å²) in [5.74, 6) is 0.644. The van der Waals surface area contributed by atoms with Crippen LogP contribution < -0.4 is 15.5 Å². The molecular formula is C17H19FN6O2. The Morgan fingerprint density at radius 1 is 1.27 bits per heavy atom. The maximum atomic E-state index is 14.6. The number of hydrogen-bond acceptors (Lipinski definition) is 6. The lowest BCUT2D eigenvalue weighted by Crippen LogP contribution is -2.29. The number of benzene rings is 1. The summed E-state index contributed by atoms with van der Waals surface area (Å²) in [5, 5.41) is 7.60. The monoisotopic (exact) mass is 358 g/mol. The highest BCUT2D eigenvalue weighted by Crippen LogP contribution is 2.45. The van der Waals surface area contributed by atoms with Crippen molar-refractivity contribution >= 4 is 17.5 Å². The smallest absolute Gasteiger partial charge is 0.414 e. The molecule has 1 aliphatic carbocycles. The fourth-order valence-corrected chi connectivity index (χ4v) is 4.06. The highest BCUT2D eigenvalue weighted by Gasteiger charge is 2.53. The first-order chi connectivity index (χ1) is 12.6. The quantitative estimate of drug-likeness (QED) is 0.871. The number of carbonyl (C=O) groups excluding carboxylic acids is 1. The maximum absolute atomic E-state index is 14.6. The molecule has 136 valence electrons. The van der Waals surface area contributed by atoms with Crippen LogP contribution in [0.1, 0.15) is 0 Å². The van der Waals surface area contributed by atoms with Gasteiger partial charge in [0.15, 0.2) is 0 Å². The van der Waals surface area contributed by atoms with E-state index in [1.807, 2.05) is 4.90 Å². The van der Waals surface area contributed by atoms with Gasteiger partial charge in [0.25, 0.3) is 0 Å². The van der Waals surface area contributed by atoms with Gasteiger partial charge in [-0.3, -0.25) is 4.90 Å². The van der Waals surface area contributed by atoms with E-state index in [1.165, 1.54) is 11.0 Å².